The number of hydrogen-bond acceptors (Lipinski definition) is 3. The zero-order valence-corrected chi connectivity index (χ0v) is 11.6. The number of rotatable bonds is 5. The number of piperidine rings is 1. The summed E-state index contributed by atoms with van der Waals surface area (Å²) in [6, 6.07) is 5.94. The predicted octanol–water partition coefficient (Wildman–Crippen LogP) is 2.44. The predicted molar refractivity (Wildman–Crippen MR) is 75.3 cm³/mol. The van der Waals surface area contributed by atoms with Crippen molar-refractivity contribution in [3.8, 4) is 5.75 Å². The van der Waals surface area contributed by atoms with Crippen molar-refractivity contribution in [1.82, 2.24) is 10.6 Å². The standard InChI is InChI=1S/C14H21ClN2O/c1-18-14-3-2-12(8-13(14)15)10-17-9-11-4-6-16-7-5-11/h2-3,8,11,16-17H,4-7,9-10H2,1H3. The monoisotopic (exact) mass is 268 g/mol. The van der Waals surface area contributed by atoms with Crippen LogP contribution in [0.15, 0.2) is 18.2 Å². The number of benzene rings is 1. The molecule has 1 aromatic rings. The van der Waals surface area contributed by atoms with E-state index in [2.05, 4.69) is 16.7 Å². The SMILES string of the molecule is COc1ccc(CNCC2CCNCC2)cc1Cl. The maximum absolute atomic E-state index is 6.10. The van der Waals surface area contributed by atoms with Gasteiger partial charge in [-0.25, -0.2) is 0 Å². The molecule has 0 radical (unpaired) electrons. The van der Waals surface area contributed by atoms with E-state index < -0.39 is 0 Å². The van der Waals surface area contributed by atoms with Crippen LogP contribution in [0.5, 0.6) is 5.75 Å². The van der Waals surface area contributed by atoms with E-state index in [9.17, 15) is 0 Å². The van der Waals surface area contributed by atoms with Crippen LogP contribution in [0.1, 0.15) is 18.4 Å². The normalized spacial score (nSPS) is 16.8. The topological polar surface area (TPSA) is 33.3 Å². The third kappa shape index (κ3) is 3.87. The van der Waals surface area contributed by atoms with Gasteiger partial charge >= 0.3 is 0 Å². The zero-order chi connectivity index (χ0) is 12.8. The molecule has 0 unspecified atom stereocenters. The van der Waals surface area contributed by atoms with Gasteiger partial charge in [-0.15, -0.1) is 0 Å². The molecule has 100 valence electrons. The van der Waals surface area contributed by atoms with E-state index in [0.717, 1.165) is 37.8 Å². The molecule has 0 aromatic heterocycles. The Balaban J connectivity index is 1.77. The lowest BCUT2D eigenvalue weighted by atomic mass is 9.98. The summed E-state index contributed by atoms with van der Waals surface area (Å²) in [5.74, 6) is 1.54. The quantitative estimate of drug-likeness (QED) is 0.861. The first-order chi connectivity index (χ1) is 8.79. The van der Waals surface area contributed by atoms with Crippen molar-refractivity contribution in [2.75, 3.05) is 26.7 Å². The summed E-state index contributed by atoms with van der Waals surface area (Å²) in [5.41, 5.74) is 1.20. The summed E-state index contributed by atoms with van der Waals surface area (Å²) in [6.45, 7) is 4.26. The molecule has 2 N–H and O–H groups in total. The van der Waals surface area contributed by atoms with Crippen LogP contribution >= 0.6 is 11.6 Å². The molecule has 0 bridgehead atoms. The largest absolute Gasteiger partial charge is 0.495 e. The van der Waals surface area contributed by atoms with Gasteiger partial charge in [0.15, 0.2) is 0 Å². The van der Waals surface area contributed by atoms with Crippen LogP contribution in [0.4, 0.5) is 0 Å². The van der Waals surface area contributed by atoms with Gasteiger partial charge in [0.1, 0.15) is 5.75 Å². The van der Waals surface area contributed by atoms with Gasteiger partial charge in [-0.05, 0) is 56.1 Å². The van der Waals surface area contributed by atoms with Crippen LogP contribution < -0.4 is 15.4 Å². The van der Waals surface area contributed by atoms with Crippen molar-refractivity contribution in [1.29, 1.82) is 0 Å². The Hall–Kier alpha value is -0.770. The fourth-order valence-electron chi connectivity index (χ4n) is 2.33. The molecule has 0 spiro atoms. The zero-order valence-electron chi connectivity index (χ0n) is 10.8. The molecule has 0 atom stereocenters. The van der Waals surface area contributed by atoms with Crippen LogP contribution in [-0.2, 0) is 6.54 Å². The van der Waals surface area contributed by atoms with Crippen molar-refractivity contribution in [2.45, 2.75) is 19.4 Å². The molecule has 3 nitrogen and oxygen atoms in total. The second kappa shape index (κ2) is 6.98. The highest BCUT2D eigenvalue weighted by molar-refractivity contribution is 6.32. The second-order valence-corrected chi connectivity index (χ2v) is 5.20. The van der Waals surface area contributed by atoms with Gasteiger partial charge in [0, 0.05) is 6.54 Å². The summed E-state index contributed by atoms with van der Waals surface area (Å²) in [4.78, 5) is 0. The van der Waals surface area contributed by atoms with Crippen molar-refractivity contribution in [3.63, 3.8) is 0 Å². The fourth-order valence-corrected chi connectivity index (χ4v) is 2.61. The first kappa shape index (κ1) is 13.7. The molecular formula is C14H21ClN2O. The van der Waals surface area contributed by atoms with Crippen molar-refractivity contribution in [2.24, 2.45) is 5.92 Å². The molecule has 18 heavy (non-hydrogen) atoms. The van der Waals surface area contributed by atoms with Crippen LogP contribution in [0, 0.1) is 5.92 Å². The van der Waals surface area contributed by atoms with Gasteiger partial charge in [-0.3, -0.25) is 0 Å². The Morgan fingerprint density at radius 3 is 2.83 bits per heavy atom. The van der Waals surface area contributed by atoms with Crippen LogP contribution in [0.3, 0.4) is 0 Å². The van der Waals surface area contributed by atoms with E-state index in [1.54, 1.807) is 7.11 Å². The Morgan fingerprint density at radius 2 is 2.17 bits per heavy atom. The summed E-state index contributed by atoms with van der Waals surface area (Å²) in [5, 5.41) is 7.57. The summed E-state index contributed by atoms with van der Waals surface area (Å²) in [7, 11) is 1.64. The maximum atomic E-state index is 6.10. The molecule has 1 aliphatic rings. The first-order valence-electron chi connectivity index (χ1n) is 6.53. The van der Waals surface area contributed by atoms with Gasteiger partial charge in [-0.1, -0.05) is 17.7 Å². The number of methoxy groups -OCH3 is 1. The summed E-state index contributed by atoms with van der Waals surface area (Å²) in [6.07, 6.45) is 2.55. The molecule has 0 aliphatic carbocycles. The van der Waals surface area contributed by atoms with E-state index in [1.165, 1.54) is 18.4 Å². The Labute approximate surface area is 114 Å². The van der Waals surface area contributed by atoms with E-state index in [1.807, 2.05) is 12.1 Å². The van der Waals surface area contributed by atoms with Crippen molar-refractivity contribution < 1.29 is 4.74 Å². The van der Waals surface area contributed by atoms with E-state index in [0.29, 0.717) is 5.02 Å². The van der Waals surface area contributed by atoms with Crippen LogP contribution in [-0.4, -0.2) is 26.7 Å². The smallest absolute Gasteiger partial charge is 0.137 e. The first-order valence-corrected chi connectivity index (χ1v) is 6.91. The minimum absolute atomic E-state index is 0.679. The molecule has 1 fully saturated rings. The van der Waals surface area contributed by atoms with Gasteiger partial charge in [0.2, 0.25) is 0 Å². The molecule has 0 saturated carbocycles. The molecule has 4 heteroatoms. The van der Waals surface area contributed by atoms with E-state index in [4.69, 9.17) is 16.3 Å². The van der Waals surface area contributed by atoms with Gasteiger partial charge in [0.25, 0.3) is 0 Å². The minimum atomic E-state index is 0.679. The molecule has 1 heterocycles. The van der Waals surface area contributed by atoms with Crippen LogP contribution in [0.2, 0.25) is 5.02 Å². The number of nitrogens with one attached hydrogen (secondary N) is 2. The second-order valence-electron chi connectivity index (χ2n) is 4.79. The molecular weight excluding hydrogens is 248 g/mol. The van der Waals surface area contributed by atoms with E-state index >= 15 is 0 Å². The highest BCUT2D eigenvalue weighted by atomic mass is 35.5. The molecule has 2 rings (SSSR count). The summed E-state index contributed by atoms with van der Waals surface area (Å²) < 4.78 is 5.14. The molecule has 1 aliphatic heterocycles. The number of halogens is 1. The Morgan fingerprint density at radius 1 is 1.39 bits per heavy atom. The minimum Gasteiger partial charge on any atom is -0.495 e. The van der Waals surface area contributed by atoms with Crippen LogP contribution in [0.25, 0.3) is 0 Å². The van der Waals surface area contributed by atoms with Gasteiger partial charge < -0.3 is 15.4 Å². The third-order valence-corrected chi connectivity index (χ3v) is 3.73. The van der Waals surface area contributed by atoms with Gasteiger partial charge in [0.05, 0.1) is 12.1 Å². The highest BCUT2D eigenvalue weighted by Crippen LogP contribution is 2.24. The lowest BCUT2D eigenvalue weighted by Gasteiger charge is -2.22. The number of ether oxygens (including phenoxy) is 1. The highest BCUT2D eigenvalue weighted by Gasteiger charge is 2.12. The Bertz CT molecular complexity index is 378. The maximum Gasteiger partial charge on any atom is 0.137 e. The third-order valence-electron chi connectivity index (χ3n) is 3.44. The molecule has 1 aromatic carbocycles. The molecule has 1 saturated heterocycles. The lowest BCUT2D eigenvalue weighted by Crippen LogP contribution is -2.33. The van der Waals surface area contributed by atoms with Crippen molar-refractivity contribution >= 4 is 11.6 Å². The fraction of sp³-hybridized carbons (Fsp3) is 0.571. The lowest BCUT2D eigenvalue weighted by molar-refractivity contribution is 0.356. The number of hydrogen-bond donors (Lipinski definition) is 2. The molecule has 0 amide bonds. The average Bonchev–Trinajstić information content (AvgIpc) is 2.40. The summed E-state index contributed by atoms with van der Waals surface area (Å²) >= 11 is 6.10. The van der Waals surface area contributed by atoms with Crippen molar-refractivity contribution in [3.05, 3.63) is 28.8 Å². The average molecular weight is 269 g/mol. The Kier molecular flexibility index (Phi) is 5.29. The van der Waals surface area contributed by atoms with Gasteiger partial charge in [-0.2, -0.15) is 0 Å². The van der Waals surface area contributed by atoms with E-state index in [-0.39, 0.29) is 0 Å².